The fourth-order valence-electron chi connectivity index (χ4n) is 2.44. The van der Waals surface area contributed by atoms with E-state index >= 15 is 0 Å². The first-order valence-corrected chi connectivity index (χ1v) is 6.57. The van der Waals surface area contributed by atoms with Gasteiger partial charge in [0.15, 0.2) is 5.69 Å². The Bertz CT molecular complexity index is 408. The van der Waals surface area contributed by atoms with Gasteiger partial charge in [-0.1, -0.05) is 12.1 Å². The molecule has 1 fully saturated rings. The van der Waals surface area contributed by atoms with Gasteiger partial charge < -0.3 is 15.2 Å². The smallest absolute Gasteiger partial charge is 0.273 e. The second kappa shape index (κ2) is 5.52. The molecule has 0 bridgehead atoms. The Kier molecular flexibility index (Phi) is 4.01. The fourth-order valence-corrected chi connectivity index (χ4v) is 2.44. The Hall–Kier alpha value is -1.36. The molecule has 2 N–H and O–H groups in total. The monoisotopic (exact) mass is 251 g/mol. The topological polar surface area (TPSA) is 67.2 Å². The van der Waals surface area contributed by atoms with Crippen LogP contribution in [0.3, 0.4) is 0 Å². The lowest BCUT2D eigenvalue weighted by atomic mass is 9.78. The third kappa shape index (κ3) is 2.90. The van der Waals surface area contributed by atoms with Gasteiger partial charge in [-0.2, -0.15) is 0 Å². The van der Waals surface area contributed by atoms with Crippen molar-refractivity contribution >= 4 is 5.91 Å². The molecule has 1 saturated heterocycles. The van der Waals surface area contributed by atoms with Gasteiger partial charge in [0.05, 0.1) is 0 Å². The Labute approximate surface area is 107 Å². The molecule has 1 aliphatic rings. The summed E-state index contributed by atoms with van der Waals surface area (Å²) in [5.41, 5.74) is 0.551. The summed E-state index contributed by atoms with van der Waals surface area (Å²) in [5.74, 6) is 0.509. The third-order valence-corrected chi connectivity index (χ3v) is 3.80. The number of carbonyl (C=O) groups is 1. The van der Waals surface area contributed by atoms with Crippen LogP contribution in [0.5, 0.6) is 0 Å². The van der Waals surface area contributed by atoms with Crippen molar-refractivity contribution in [3.63, 3.8) is 0 Å². The van der Waals surface area contributed by atoms with E-state index in [1.807, 2.05) is 0 Å². The molecule has 100 valence electrons. The zero-order valence-corrected chi connectivity index (χ0v) is 11.1. The van der Waals surface area contributed by atoms with Crippen molar-refractivity contribution < 1.29 is 9.32 Å². The van der Waals surface area contributed by atoms with Crippen LogP contribution in [0.4, 0.5) is 0 Å². The lowest BCUT2D eigenvalue weighted by Gasteiger charge is -2.37. The molecule has 0 radical (unpaired) electrons. The summed E-state index contributed by atoms with van der Waals surface area (Å²) in [4.78, 5) is 11.9. The first kappa shape index (κ1) is 13.1. The molecule has 2 rings (SSSR count). The lowest BCUT2D eigenvalue weighted by Crippen LogP contribution is -2.47. The highest BCUT2D eigenvalue weighted by atomic mass is 16.5. The number of aromatic nitrogens is 1. The van der Waals surface area contributed by atoms with Crippen LogP contribution in [0.2, 0.25) is 0 Å². The fraction of sp³-hybridized carbons (Fsp3) is 0.692. The summed E-state index contributed by atoms with van der Waals surface area (Å²) < 4.78 is 4.91. The number of amides is 1. The molecule has 0 saturated carbocycles. The molecular formula is C13H21N3O2. The van der Waals surface area contributed by atoms with E-state index in [2.05, 4.69) is 22.7 Å². The lowest BCUT2D eigenvalue weighted by molar-refractivity contribution is 0.0905. The maximum Gasteiger partial charge on any atom is 0.273 e. The van der Waals surface area contributed by atoms with E-state index < -0.39 is 0 Å². The molecule has 1 aliphatic heterocycles. The van der Waals surface area contributed by atoms with E-state index in [1.54, 1.807) is 13.0 Å². The van der Waals surface area contributed by atoms with E-state index in [-0.39, 0.29) is 11.3 Å². The Morgan fingerprint density at radius 3 is 3.06 bits per heavy atom. The number of hydrogen-bond acceptors (Lipinski definition) is 4. The molecule has 2 heterocycles. The molecule has 1 aromatic heterocycles. The highest BCUT2D eigenvalue weighted by molar-refractivity contribution is 5.92. The molecule has 1 aromatic rings. The summed E-state index contributed by atoms with van der Waals surface area (Å²) in [6, 6.07) is 1.66. The van der Waals surface area contributed by atoms with Crippen LogP contribution >= 0.6 is 0 Å². The molecular weight excluding hydrogens is 230 g/mol. The van der Waals surface area contributed by atoms with Crippen molar-refractivity contribution in [2.45, 2.75) is 33.1 Å². The van der Waals surface area contributed by atoms with Crippen molar-refractivity contribution in [3.05, 3.63) is 17.5 Å². The zero-order chi connectivity index (χ0) is 13.0. The van der Waals surface area contributed by atoms with Gasteiger partial charge in [-0.25, -0.2) is 0 Å². The number of hydrogen-bond donors (Lipinski definition) is 2. The van der Waals surface area contributed by atoms with E-state index in [1.165, 1.54) is 6.42 Å². The Morgan fingerprint density at radius 1 is 1.67 bits per heavy atom. The largest absolute Gasteiger partial charge is 0.361 e. The first-order chi connectivity index (χ1) is 8.65. The second-order valence-corrected chi connectivity index (χ2v) is 5.14. The van der Waals surface area contributed by atoms with Crippen LogP contribution < -0.4 is 10.6 Å². The summed E-state index contributed by atoms with van der Waals surface area (Å²) >= 11 is 0. The van der Waals surface area contributed by atoms with E-state index in [0.717, 1.165) is 25.9 Å². The molecule has 5 heteroatoms. The average Bonchev–Trinajstić information content (AvgIpc) is 2.84. The van der Waals surface area contributed by atoms with Gasteiger partial charge in [0.2, 0.25) is 0 Å². The predicted molar refractivity (Wildman–Crippen MR) is 68.4 cm³/mol. The van der Waals surface area contributed by atoms with Crippen LogP contribution in [0.1, 0.15) is 42.4 Å². The number of aryl methyl sites for hydroxylation is 1. The van der Waals surface area contributed by atoms with Crippen molar-refractivity contribution in [1.82, 2.24) is 15.8 Å². The number of piperidine rings is 1. The molecule has 0 aromatic carbocycles. The van der Waals surface area contributed by atoms with Crippen LogP contribution in [0.15, 0.2) is 10.6 Å². The molecule has 0 spiro atoms. The van der Waals surface area contributed by atoms with E-state index in [0.29, 0.717) is 18.0 Å². The molecule has 18 heavy (non-hydrogen) atoms. The molecule has 1 amide bonds. The summed E-state index contributed by atoms with van der Waals surface area (Å²) in [6.45, 7) is 6.71. The molecule has 5 nitrogen and oxygen atoms in total. The van der Waals surface area contributed by atoms with E-state index in [9.17, 15) is 4.79 Å². The number of carbonyl (C=O) groups excluding carboxylic acids is 1. The minimum atomic E-state index is -0.148. The first-order valence-electron chi connectivity index (χ1n) is 6.57. The zero-order valence-electron chi connectivity index (χ0n) is 11.1. The van der Waals surface area contributed by atoms with Gasteiger partial charge in [-0.15, -0.1) is 0 Å². The normalized spacial score (nSPS) is 23.9. The van der Waals surface area contributed by atoms with Gasteiger partial charge >= 0.3 is 0 Å². The summed E-state index contributed by atoms with van der Waals surface area (Å²) in [5, 5.41) is 10.1. The van der Waals surface area contributed by atoms with Crippen LogP contribution in [0, 0.1) is 12.3 Å². The van der Waals surface area contributed by atoms with Gasteiger partial charge in [0.1, 0.15) is 5.76 Å². The maximum absolute atomic E-state index is 11.9. The summed E-state index contributed by atoms with van der Waals surface area (Å²) in [7, 11) is 0. The Morgan fingerprint density at radius 2 is 2.50 bits per heavy atom. The standard InChI is InChI=1S/C13H21N3O2/c1-3-13(5-4-6-14-8-13)9-15-12(17)11-7-10(2)18-16-11/h7,14H,3-6,8-9H2,1-2H3,(H,15,17). The van der Waals surface area contributed by atoms with Gasteiger partial charge in [-0.3, -0.25) is 4.79 Å². The van der Waals surface area contributed by atoms with E-state index in [4.69, 9.17) is 4.52 Å². The number of nitrogens with zero attached hydrogens (tertiary/aromatic N) is 1. The van der Waals surface area contributed by atoms with Gasteiger partial charge in [0.25, 0.3) is 5.91 Å². The van der Waals surface area contributed by atoms with Crippen molar-refractivity contribution in [1.29, 1.82) is 0 Å². The second-order valence-electron chi connectivity index (χ2n) is 5.14. The van der Waals surface area contributed by atoms with Crippen LogP contribution in [-0.2, 0) is 0 Å². The van der Waals surface area contributed by atoms with Crippen molar-refractivity contribution in [3.8, 4) is 0 Å². The van der Waals surface area contributed by atoms with Crippen molar-refractivity contribution in [2.24, 2.45) is 5.41 Å². The molecule has 1 atom stereocenters. The average molecular weight is 251 g/mol. The number of nitrogens with one attached hydrogen (secondary N) is 2. The van der Waals surface area contributed by atoms with Gasteiger partial charge in [0, 0.05) is 19.2 Å². The van der Waals surface area contributed by atoms with Crippen molar-refractivity contribution in [2.75, 3.05) is 19.6 Å². The highest BCUT2D eigenvalue weighted by Crippen LogP contribution is 2.29. The summed E-state index contributed by atoms with van der Waals surface area (Å²) in [6.07, 6.45) is 3.40. The number of rotatable bonds is 4. The maximum atomic E-state index is 11.9. The molecule has 1 unspecified atom stereocenters. The van der Waals surface area contributed by atoms with Gasteiger partial charge in [-0.05, 0) is 38.1 Å². The minimum Gasteiger partial charge on any atom is -0.361 e. The third-order valence-electron chi connectivity index (χ3n) is 3.80. The molecule has 0 aliphatic carbocycles. The van der Waals surface area contributed by atoms with Crippen LogP contribution in [-0.4, -0.2) is 30.7 Å². The highest BCUT2D eigenvalue weighted by Gasteiger charge is 2.30. The predicted octanol–water partition coefficient (Wildman–Crippen LogP) is 1.49. The van der Waals surface area contributed by atoms with Crippen LogP contribution in [0.25, 0.3) is 0 Å². The quantitative estimate of drug-likeness (QED) is 0.851. The minimum absolute atomic E-state index is 0.148. The SMILES string of the molecule is CCC1(CNC(=O)c2cc(C)on2)CCCNC1. The Balaban J connectivity index is 1.91.